The maximum atomic E-state index is 12.6. The smallest absolute Gasteiger partial charge is 0.398 e. The number of hydrogen-bond donors (Lipinski definition) is 1. The number of rotatable bonds is 2. The van der Waals surface area contributed by atoms with Gasteiger partial charge in [0.1, 0.15) is 0 Å². The minimum atomic E-state index is -4.64. The summed E-state index contributed by atoms with van der Waals surface area (Å²) < 4.78 is 62.4. The zero-order valence-electron chi connectivity index (χ0n) is 10.4. The quantitative estimate of drug-likeness (QED) is 0.850. The maximum Gasteiger partial charge on any atom is 0.418 e. The molecule has 2 rings (SSSR count). The van der Waals surface area contributed by atoms with Crippen molar-refractivity contribution < 1.29 is 21.6 Å². The molecule has 0 spiro atoms. The first-order valence-corrected chi connectivity index (χ1v) is 7.46. The first kappa shape index (κ1) is 15.7. The third-order valence-corrected chi connectivity index (χ3v) is 4.73. The van der Waals surface area contributed by atoms with Gasteiger partial charge >= 0.3 is 6.18 Å². The summed E-state index contributed by atoms with van der Waals surface area (Å²) in [4.78, 5) is -0.440. The van der Waals surface area contributed by atoms with E-state index in [0.717, 1.165) is 12.1 Å². The lowest BCUT2D eigenvalue weighted by molar-refractivity contribution is -0.136. The van der Waals surface area contributed by atoms with E-state index < -0.39 is 27.3 Å². The van der Waals surface area contributed by atoms with Gasteiger partial charge in [-0.1, -0.05) is 17.7 Å². The highest BCUT2D eigenvalue weighted by atomic mass is 35.5. The average molecular weight is 336 g/mol. The molecule has 0 unspecified atom stereocenters. The van der Waals surface area contributed by atoms with Crippen molar-refractivity contribution in [1.29, 1.82) is 0 Å². The van der Waals surface area contributed by atoms with Crippen LogP contribution in [-0.2, 0) is 16.0 Å². The number of sulfone groups is 1. The van der Waals surface area contributed by atoms with Crippen molar-refractivity contribution in [2.75, 3.05) is 5.73 Å². The minimum Gasteiger partial charge on any atom is -0.398 e. The van der Waals surface area contributed by atoms with E-state index in [1.807, 2.05) is 0 Å². The molecule has 0 heterocycles. The van der Waals surface area contributed by atoms with E-state index >= 15 is 0 Å². The van der Waals surface area contributed by atoms with Gasteiger partial charge in [-0.25, -0.2) is 8.42 Å². The third-order valence-electron chi connectivity index (χ3n) is 2.75. The van der Waals surface area contributed by atoms with Crippen LogP contribution >= 0.6 is 11.6 Å². The van der Waals surface area contributed by atoms with Gasteiger partial charge in [0.05, 0.1) is 15.4 Å². The van der Waals surface area contributed by atoms with Gasteiger partial charge in [0, 0.05) is 10.7 Å². The fourth-order valence-electron chi connectivity index (χ4n) is 1.74. The average Bonchev–Trinajstić information content (AvgIpc) is 2.37. The molecule has 0 saturated carbocycles. The number of hydrogen-bond acceptors (Lipinski definition) is 3. The first-order valence-electron chi connectivity index (χ1n) is 5.60. The number of alkyl halides is 3. The Balaban J connectivity index is 2.54. The van der Waals surface area contributed by atoms with Crippen LogP contribution in [0.15, 0.2) is 52.3 Å². The summed E-state index contributed by atoms with van der Waals surface area (Å²) in [7, 11) is -3.98. The third kappa shape index (κ3) is 3.14. The molecule has 0 bridgehead atoms. The van der Waals surface area contributed by atoms with E-state index in [2.05, 4.69) is 0 Å². The summed E-state index contributed by atoms with van der Waals surface area (Å²) in [6, 6.07) is 7.74. The van der Waals surface area contributed by atoms with Gasteiger partial charge in [0.15, 0.2) is 0 Å². The lowest BCUT2D eigenvalue weighted by Gasteiger charge is -2.12. The fourth-order valence-corrected chi connectivity index (χ4v) is 3.33. The second-order valence-electron chi connectivity index (χ2n) is 4.21. The van der Waals surface area contributed by atoms with Gasteiger partial charge in [-0.05, 0) is 36.4 Å². The second-order valence-corrected chi connectivity index (χ2v) is 6.59. The predicted molar refractivity (Wildman–Crippen MR) is 72.8 cm³/mol. The van der Waals surface area contributed by atoms with E-state index in [-0.39, 0.29) is 14.8 Å². The van der Waals surface area contributed by atoms with Crippen LogP contribution in [0.4, 0.5) is 18.9 Å². The first-order chi connectivity index (χ1) is 9.62. The molecule has 21 heavy (non-hydrogen) atoms. The highest BCUT2D eigenvalue weighted by Crippen LogP contribution is 2.35. The number of halogens is 4. The maximum absolute atomic E-state index is 12.6. The molecule has 0 fully saturated rings. The summed E-state index contributed by atoms with van der Waals surface area (Å²) in [5.41, 5.74) is 3.58. The van der Waals surface area contributed by atoms with Crippen molar-refractivity contribution in [3.8, 4) is 0 Å². The van der Waals surface area contributed by atoms with E-state index in [1.54, 1.807) is 0 Å². The summed E-state index contributed by atoms with van der Waals surface area (Å²) >= 11 is 5.72. The van der Waals surface area contributed by atoms with E-state index in [0.29, 0.717) is 6.07 Å². The van der Waals surface area contributed by atoms with Gasteiger partial charge in [0.25, 0.3) is 0 Å². The molecule has 0 radical (unpaired) electrons. The van der Waals surface area contributed by atoms with Crippen molar-refractivity contribution in [1.82, 2.24) is 0 Å². The molecule has 0 aliphatic carbocycles. The van der Waals surface area contributed by atoms with Crippen molar-refractivity contribution in [3.05, 3.63) is 53.1 Å². The standard InChI is InChI=1S/C13H9ClF3NO2S/c14-8-2-1-3-9(6-8)21(19,20)10-4-5-11(12(18)7-10)13(15,16)17/h1-7H,18H2. The Morgan fingerprint density at radius 2 is 1.62 bits per heavy atom. The lowest BCUT2D eigenvalue weighted by atomic mass is 10.2. The normalized spacial score (nSPS) is 12.4. The second kappa shape index (κ2) is 5.23. The molecule has 2 aromatic carbocycles. The van der Waals surface area contributed by atoms with Crippen LogP contribution < -0.4 is 5.73 Å². The molecule has 2 aromatic rings. The van der Waals surface area contributed by atoms with Crippen molar-refractivity contribution >= 4 is 27.1 Å². The summed E-state index contributed by atoms with van der Waals surface area (Å²) in [5.74, 6) is 0. The van der Waals surface area contributed by atoms with Crippen LogP contribution in [0.5, 0.6) is 0 Å². The molecule has 112 valence electrons. The molecule has 0 aliphatic heterocycles. The van der Waals surface area contributed by atoms with Crippen LogP contribution in [0.1, 0.15) is 5.56 Å². The Labute approximate surface area is 124 Å². The zero-order chi connectivity index (χ0) is 15.8. The Morgan fingerprint density at radius 3 is 2.14 bits per heavy atom. The molecule has 0 aromatic heterocycles. The van der Waals surface area contributed by atoms with Crippen LogP contribution in [0.2, 0.25) is 5.02 Å². The van der Waals surface area contributed by atoms with Gasteiger partial charge in [-0.15, -0.1) is 0 Å². The minimum absolute atomic E-state index is 0.117. The predicted octanol–water partition coefficient (Wildman–Crippen LogP) is 3.77. The Kier molecular flexibility index (Phi) is 3.90. The molecular formula is C13H9ClF3NO2S. The van der Waals surface area contributed by atoms with Gasteiger partial charge < -0.3 is 5.73 Å². The summed E-state index contributed by atoms with van der Waals surface area (Å²) in [6.07, 6.45) is -4.64. The molecule has 2 N–H and O–H groups in total. The molecule has 0 saturated heterocycles. The summed E-state index contributed by atoms with van der Waals surface area (Å²) in [6.45, 7) is 0. The number of anilines is 1. The van der Waals surface area contributed by atoms with E-state index in [9.17, 15) is 21.6 Å². The molecule has 8 heteroatoms. The van der Waals surface area contributed by atoms with Crippen LogP contribution in [0.25, 0.3) is 0 Å². The number of benzene rings is 2. The van der Waals surface area contributed by atoms with Gasteiger partial charge in [0.2, 0.25) is 9.84 Å². The monoisotopic (exact) mass is 335 g/mol. The largest absolute Gasteiger partial charge is 0.418 e. The highest BCUT2D eigenvalue weighted by Gasteiger charge is 2.33. The topological polar surface area (TPSA) is 60.2 Å². The van der Waals surface area contributed by atoms with Crippen LogP contribution in [0, 0.1) is 0 Å². The molecule has 0 atom stereocenters. The number of nitrogen functional groups attached to an aromatic ring is 1. The van der Waals surface area contributed by atoms with Crippen LogP contribution in [-0.4, -0.2) is 8.42 Å². The SMILES string of the molecule is Nc1cc(S(=O)(=O)c2cccc(Cl)c2)ccc1C(F)(F)F. The van der Waals surface area contributed by atoms with Gasteiger partial charge in [-0.3, -0.25) is 0 Å². The number of nitrogens with two attached hydrogens (primary N) is 1. The fraction of sp³-hybridized carbons (Fsp3) is 0.0769. The summed E-state index contributed by atoms with van der Waals surface area (Å²) in [5, 5.41) is 0.205. The Hall–Kier alpha value is -1.73. The van der Waals surface area contributed by atoms with Crippen LogP contribution in [0.3, 0.4) is 0 Å². The zero-order valence-corrected chi connectivity index (χ0v) is 11.9. The molecule has 0 aliphatic rings. The lowest BCUT2D eigenvalue weighted by Crippen LogP contribution is -2.10. The molecular weight excluding hydrogens is 327 g/mol. The Morgan fingerprint density at radius 1 is 1.00 bits per heavy atom. The molecule has 0 amide bonds. The van der Waals surface area contributed by atoms with Crippen molar-refractivity contribution in [2.45, 2.75) is 16.0 Å². The molecule has 3 nitrogen and oxygen atoms in total. The van der Waals surface area contributed by atoms with E-state index in [1.165, 1.54) is 24.3 Å². The van der Waals surface area contributed by atoms with Gasteiger partial charge in [-0.2, -0.15) is 13.2 Å². The van der Waals surface area contributed by atoms with Crippen molar-refractivity contribution in [3.63, 3.8) is 0 Å². The Bertz CT molecular complexity index is 788. The highest BCUT2D eigenvalue weighted by molar-refractivity contribution is 7.91. The van der Waals surface area contributed by atoms with Crippen molar-refractivity contribution in [2.24, 2.45) is 0 Å². The van der Waals surface area contributed by atoms with E-state index in [4.69, 9.17) is 17.3 Å².